The molecule has 0 bridgehead atoms. The number of rotatable bonds is 2. The van der Waals surface area contributed by atoms with Crippen LogP contribution in [0.15, 0.2) is 24.3 Å². The highest BCUT2D eigenvalue weighted by atomic mass is 35.5. The first-order valence-electron chi connectivity index (χ1n) is 3.23. The van der Waals surface area contributed by atoms with E-state index in [1.54, 1.807) is 18.2 Å². The average Bonchev–Trinajstić information content (AvgIpc) is 1.91. The molecular weight excluding hydrogens is 214 g/mol. The van der Waals surface area contributed by atoms with Gasteiger partial charge in [-0.25, -0.2) is 0 Å². The summed E-state index contributed by atoms with van der Waals surface area (Å²) in [6.07, 6.45) is 0.972. The van der Waals surface area contributed by atoms with E-state index in [1.165, 1.54) is 6.07 Å². The van der Waals surface area contributed by atoms with Crippen molar-refractivity contribution < 1.29 is 12.6 Å². The molecule has 2 N–H and O–H groups in total. The zero-order chi connectivity index (χ0) is 9.19. The van der Waals surface area contributed by atoms with Gasteiger partial charge in [0.2, 0.25) is 0 Å². The number of anilines is 1. The predicted octanol–water partition coefficient (Wildman–Crippen LogP) is 1.03. The van der Waals surface area contributed by atoms with Gasteiger partial charge in [-0.3, -0.25) is 0 Å². The monoisotopic (exact) mass is 223 g/mol. The van der Waals surface area contributed by atoms with Crippen LogP contribution in [0.3, 0.4) is 0 Å². The lowest BCUT2D eigenvalue weighted by atomic mass is 10.3. The smallest absolute Gasteiger partial charge is 0.306 e. The molecule has 4 nitrogen and oxygen atoms in total. The Labute approximate surface area is 83.2 Å². The van der Waals surface area contributed by atoms with E-state index in [0.717, 1.165) is 6.26 Å². The summed E-state index contributed by atoms with van der Waals surface area (Å²) in [6.45, 7) is 0. The van der Waals surface area contributed by atoms with E-state index in [2.05, 4.69) is 4.18 Å². The van der Waals surface area contributed by atoms with Crippen LogP contribution in [-0.4, -0.2) is 14.7 Å². The highest BCUT2D eigenvalue weighted by molar-refractivity contribution is 7.86. The molecule has 0 saturated carbocycles. The number of benzene rings is 1. The Morgan fingerprint density at radius 3 is 2.31 bits per heavy atom. The maximum atomic E-state index is 10.7. The summed E-state index contributed by atoms with van der Waals surface area (Å²) in [7, 11) is -3.48. The summed E-state index contributed by atoms with van der Waals surface area (Å²) in [5.74, 6) is 0.167. The van der Waals surface area contributed by atoms with Crippen molar-refractivity contribution in [3.8, 4) is 5.75 Å². The normalized spacial score (nSPS) is 10.2. The van der Waals surface area contributed by atoms with Crippen LogP contribution in [0.25, 0.3) is 0 Å². The van der Waals surface area contributed by atoms with Crippen LogP contribution in [-0.2, 0) is 10.1 Å². The standard InChI is InChI=1S/C7H9NO3S.ClH/c1-12(9,10)11-7-5-3-2-4-6(7)8;/h2-5H,8H2,1H3;1H. The maximum absolute atomic E-state index is 10.7. The van der Waals surface area contributed by atoms with Gasteiger partial charge in [-0.2, -0.15) is 8.42 Å². The minimum absolute atomic E-state index is 0. The van der Waals surface area contributed by atoms with Crippen molar-refractivity contribution in [3.05, 3.63) is 24.3 Å². The zero-order valence-electron chi connectivity index (χ0n) is 6.93. The molecule has 0 heterocycles. The third-order valence-electron chi connectivity index (χ3n) is 1.16. The van der Waals surface area contributed by atoms with Crippen LogP contribution >= 0.6 is 12.4 Å². The van der Waals surface area contributed by atoms with Crippen LogP contribution in [0.5, 0.6) is 5.75 Å². The molecule has 0 unspecified atom stereocenters. The van der Waals surface area contributed by atoms with Crippen molar-refractivity contribution in [2.24, 2.45) is 0 Å². The number of para-hydroxylation sites is 2. The Hall–Kier alpha value is -0.940. The number of halogens is 1. The third kappa shape index (κ3) is 4.00. The molecule has 0 amide bonds. The molecule has 0 aliphatic rings. The molecule has 1 aromatic rings. The second-order valence-corrected chi connectivity index (χ2v) is 3.90. The molecule has 0 aliphatic carbocycles. The summed E-state index contributed by atoms with van der Waals surface area (Å²) < 4.78 is 25.9. The molecule has 0 aromatic heterocycles. The van der Waals surface area contributed by atoms with Crippen LogP contribution < -0.4 is 9.92 Å². The molecular formula is C7H10ClNO3S. The summed E-state index contributed by atoms with van der Waals surface area (Å²) in [4.78, 5) is 0. The molecule has 1 rings (SSSR count). The van der Waals surface area contributed by atoms with Gasteiger partial charge in [0.25, 0.3) is 0 Å². The van der Waals surface area contributed by atoms with E-state index in [4.69, 9.17) is 5.73 Å². The number of nitrogens with two attached hydrogens (primary N) is 1. The van der Waals surface area contributed by atoms with Gasteiger partial charge >= 0.3 is 10.1 Å². The van der Waals surface area contributed by atoms with Crippen LogP contribution in [0.2, 0.25) is 0 Å². The van der Waals surface area contributed by atoms with Gasteiger partial charge in [0.1, 0.15) is 0 Å². The second kappa shape index (κ2) is 4.34. The Kier molecular flexibility index (Phi) is 4.03. The van der Waals surface area contributed by atoms with E-state index < -0.39 is 10.1 Å². The van der Waals surface area contributed by atoms with Crippen LogP contribution in [0.1, 0.15) is 0 Å². The molecule has 0 saturated heterocycles. The van der Waals surface area contributed by atoms with Crippen molar-refractivity contribution in [1.29, 1.82) is 0 Å². The molecule has 6 heteroatoms. The highest BCUT2D eigenvalue weighted by Crippen LogP contribution is 2.20. The van der Waals surface area contributed by atoms with Crippen LogP contribution in [0.4, 0.5) is 5.69 Å². The molecule has 13 heavy (non-hydrogen) atoms. The lowest BCUT2D eigenvalue weighted by Crippen LogP contribution is -2.07. The summed E-state index contributed by atoms with van der Waals surface area (Å²) in [5, 5.41) is 0. The molecule has 0 radical (unpaired) electrons. The summed E-state index contributed by atoms with van der Waals surface area (Å²) >= 11 is 0. The molecule has 74 valence electrons. The minimum Gasteiger partial charge on any atom is -0.396 e. The maximum Gasteiger partial charge on any atom is 0.306 e. The molecule has 0 spiro atoms. The fourth-order valence-corrected chi connectivity index (χ4v) is 1.20. The first-order valence-corrected chi connectivity index (χ1v) is 5.04. The van der Waals surface area contributed by atoms with E-state index in [-0.39, 0.29) is 18.2 Å². The quantitative estimate of drug-likeness (QED) is 0.601. The Morgan fingerprint density at radius 2 is 1.85 bits per heavy atom. The van der Waals surface area contributed by atoms with Crippen molar-refractivity contribution in [1.82, 2.24) is 0 Å². The van der Waals surface area contributed by atoms with Gasteiger partial charge < -0.3 is 9.92 Å². The summed E-state index contributed by atoms with van der Waals surface area (Å²) in [5.41, 5.74) is 5.75. The van der Waals surface area contributed by atoms with Crippen LogP contribution in [0, 0.1) is 0 Å². The fraction of sp³-hybridized carbons (Fsp3) is 0.143. The van der Waals surface area contributed by atoms with E-state index >= 15 is 0 Å². The van der Waals surface area contributed by atoms with E-state index in [9.17, 15) is 8.42 Å². The molecule has 1 aromatic carbocycles. The minimum atomic E-state index is -3.48. The lowest BCUT2D eigenvalue weighted by molar-refractivity contribution is 0.494. The Bertz CT molecular complexity index is 377. The van der Waals surface area contributed by atoms with Crippen molar-refractivity contribution in [3.63, 3.8) is 0 Å². The van der Waals surface area contributed by atoms with Gasteiger partial charge in [0.15, 0.2) is 5.75 Å². The second-order valence-electron chi connectivity index (χ2n) is 2.33. The lowest BCUT2D eigenvalue weighted by Gasteiger charge is -2.04. The van der Waals surface area contributed by atoms with Gasteiger partial charge in [-0.15, -0.1) is 12.4 Å². The Morgan fingerprint density at radius 1 is 1.31 bits per heavy atom. The third-order valence-corrected chi connectivity index (χ3v) is 1.64. The van der Waals surface area contributed by atoms with E-state index in [1.807, 2.05) is 0 Å². The fourth-order valence-electron chi connectivity index (χ4n) is 0.720. The van der Waals surface area contributed by atoms with Crippen molar-refractivity contribution >= 4 is 28.2 Å². The number of hydrogen-bond acceptors (Lipinski definition) is 4. The largest absolute Gasteiger partial charge is 0.396 e. The topological polar surface area (TPSA) is 69.4 Å². The highest BCUT2D eigenvalue weighted by Gasteiger charge is 2.05. The van der Waals surface area contributed by atoms with Gasteiger partial charge in [0, 0.05) is 0 Å². The zero-order valence-corrected chi connectivity index (χ0v) is 8.56. The predicted molar refractivity (Wildman–Crippen MR) is 53.6 cm³/mol. The number of hydrogen-bond donors (Lipinski definition) is 1. The first-order chi connectivity index (χ1) is 5.49. The van der Waals surface area contributed by atoms with Gasteiger partial charge in [-0.1, -0.05) is 12.1 Å². The van der Waals surface area contributed by atoms with Gasteiger partial charge in [-0.05, 0) is 12.1 Å². The average molecular weight is 224 g/mol. The molecule has 0 atom stereocenters. The first kappa shape index (κ1) is 12.1. The summed E-state index contributed by atoms with van der Waals surface area (Å²) in [6, 6.07) is 6.41. The van der Waals surface area contributed by atoms with Crippen molar-refractivity contribution in [2.45, 2.75) is 0 Å². The molecule has 0 fully saturated rings. The van der Waals surface area contributed by atoms with Crippen molar-refractivity contribution in [2.75, 3.05) is 12.0 Å². The SMILES string of the molecule is CS(=O)(=O)Oc1ccccc1N.Cl. The molecule has 0 aliphatic heterocycles. The Balaban J connectivity index is 0.00000144. The number of nitrogen functional groups attached to an aromatic ring is 1. The van der Waals surface area contributed by atoms with E-state index in [0.29, 0.717) is 5.69 Å². The van der Waals surface area contributed by atoms with Gasteiger partial charge in [0.05, 0.1) is 11.9 Å².